The Hall–Kier alpha value is -1.62. The minimum Gasteiger partial charge on any atom is -0.352 e. The highest BCUT2D eigenvalue weighted by Crippen LogP contribution is 2.18. The smallest absolute Gasteiger partial charge is 0.223 e. The number of carbonyl (C=O) groups is 1. The van der Waals surface area contributed by atoms with Gasteiger partial charge in [-0.25, -0.2) is 8.42 Å². The standard InChI is InChI=1S/C15H19NO3S/c1-20(18,19)14-9-7-12(8-10-14)11-16-15(17)13-5-3-2-4-6-13/h2-3,7-10,13H,4-6,11H2,1H3,(H,16,17)/t13-/m0/s1. The lowest BCUT2D eigenvalue weighted by Crippen LogP contribution is -2.30. The second kappa shape index (κ2) is 6.22. The first-order valence-electron chi connectivity index (χ1n) is 6.68. The highest BCUT2D eigenvalue weighted by Gasteiger charge is 2.18. The molecule has 5 heteroatoms. The molecular weight excluding hydrogens is 274 g/mol. The van der Waals surface area contributed by atoms with Crippen LogP contribution in [0.25, 0.3) is 0 Å². The molecule has 4 nitrogen and oxygen atoms in total. The molecule has 0 spiro atoms. The fourth-order valence-corrected chi connectivity index (χ4v) is 2.85. The van der Waals surface area contributed by atoms with Gasteiger partial charge >= 0.3 is 0 Å². The van der Waals surface area contributed by atoms with E-state index in [9.17, 15) is 13.2 Å². The predicted octanol–water partition coefficient (Wildman–Crippen LogP) is 2.06. The Morgan fingerprint density at radius 3 is 2.50 bits per heavy atom. The molecule has 0 aliphatic heterocycles. The van der Waals surface area contributed by atoms with E-state index in [0.717, 1.165) is 24.8 Å². The van der Waals surface area contributed by atoms with Crippen molar-refractivity contribution in [3.8, 4) is 0 Å². The SMILES string of the molecule is CS(=O)(=O)c1ccc(CNC(=O)[C@H]2CC=CCC2)cc1. The van der Waals surface area contributed by atoms with Gasteiger partial charge in [-0.3, -0.25) is 4.79 Å². The molecule has 1 aromatic rings. The van der Waals surface area contributed by atoms with Crippen LogP contribution in [0.4, 0.5) is 0 Å². The van der Waals surface area contributed by atoms with Gasteiger partial charge in [0.05, 0.1) is 4.90 Å². The number of sulfone groups is 1. The van der Waals surface area contributed by atoms with Gasteiger partial charge in [0, 0.05) is 18.7 Å². The number of allylic oxidation sites excluding steroid dienone is 2. The summed E-state index contributed by atoms with van der Waals surface area (Å²) in [5, 5.41) is 2.90. The maximum Gasteiger partial charge on any atom is 0.223 e. The van der Waals surface area contributed by atoms with E-state index >= 15 is 0 Å². The number of hydrogen-bond donors (Lipinski definition) is 1. The number of hydrogen-bond acceptors (Lipinski definition) is 3. The second-order valence-electron chi connectivity index (χ2n) is 5.12. The average molecular weight is 293 g/mol. The third-order valence-corrected chi connectivity index (χ3v) is 4.59. The molecule has 1 aromatic carbocycles. The van der Waals surface area contributed by atoms with Crippen LogP contribution in [0.15, 0.2) is 41.3 Å². The van der Waals surface area contributed by atoms with Gasteiger partial charge in [0.2, 0.25) is 5.91 Å². The summed E-state index contributed by atoms with van der Waals surface area (Å²) in [4.78, 5) is 12.3. The van der Waals surface area contributed by atoms with Crippen molar-refractivity contribution >= 4 is 15.7 Å². The molecule has 1 aliphatic carbocycles. The van der Waals surface area contributed by atoms with Gasteiger partial charge in [0.1, 0.15) is 0 Å². The topological polar surface area (TPSA) is 63.2 Å². The van der Waals surface area contributed by atoms with Crippen LogP contribution in [0.2, 0.25) is 0 Å². The van der Waals surface area contributed by atoms with Gasteiger partial charge in [-0.15, -0.1) is 0 Å². The van der Waals surface area contributed by atoms with Crippen molar-refractivity contribution in [1.82, 2.24) is 5.32 Å². The van der Waals surface area contributed by atoms with Gasteiger partial charge in [-0.2, -0.15) is 0 Å². The van der Waals surface area contributed by atoms with Crippen molar-refractivity contribution in [2.75, 3.05) is 6.26 Å². The molecule has 108 valence electrons. The molecule has 2 rings (SSSR count). The molecule has 1 amide bonds. The summed E-state index contributed by atoms with van der Waals surface area (Å²) < 4.78 is 22.7. The number of carbonyl (C=O) groups excluding carboxylic acids is 1. The molecule has 0 saturated heterocycles. The third kappa shape index (κ3) is 3.93. The van der Waals surface area contributed by atoms with Gasteiger partial charge in [-0.05, 0) is 37.0 Å². The van der Waals surface area contributed by atoms with Crippen molar-refractivity contribution in [2.24, 2.45) is 5.92 Å². The number of benzene rings is 1. The fraction of sp³-hybridized carbons (Fsp3) is 0.400. The molecule has 1 aliphatic rings. The first kappa shape index (κ1) is 14.8. The summed E-state index contributed by atoms with van der Waals surface area (Å²) in [5.74, 6) is 0.136. The molecule has 0 bridgehead atoms. The minimum atomic E-state index is -3.16. The normalized spacial score (nSPS) is 18.8. The number of nitrogens with one attached hydrogen (secondary N) is 1. The maximum absolute atomic E-state index is 12.0. The van der Waals surface area contributed by atoms with Crippen molar-refractivity contribution in [1.29, 1.82) is 0 Å². The van der Waals surface area contributed by atoms with Gasteiger partial charge in [0.25, 0.3) is 0 Å². The molecule has 0 fully saturated rings. The molecule has 0 saturated carbocycles. The van der Waals surface area contributed by atoms with Gasteiger partial charge < -0.3 is 5.32 Å². The van der Waals surface area contributed by atoms with E-state index in [4.69, 9.17) is 0 Å². The first-order valence-corrected chi connectivity index (χ1v) is 8.57. The predicted molar refractivity (Wildman–Crippen MR) is 77.9 cm³/mol. The average Bonchev–Trinajstić information content (AvgIpc) is 2.45. The number of amides is 1. The van der Waals surface area contributed by atoms with Crippen molar-refractivity contribution in [3.63, 3.8) is 0 Å². The maximum atomic E-state index is 12.0. The van der Waals surface area contributed by atoms with Gasteiger partial charge in [0.15, 0.2) is 9.84 Å². The van der Waals surface area contributed by atoms with E-state index in [0.29, 0.717) is 11.4 Å². The number of rotatable bonds is 4. The van der Waals surface area contributed by atoms with Gasteiger partial charge in [-0.1, -0.05) is 24.3 Å². The van der Waals surface area contributed by atoms with Crippen LogP contribution in [0.5, 0.6) is 0 Å². The monoisotopic (exact) mass is 293 g/mol. The Balaban J connectivity index is 1.91. The molecule has 1 atom stereocenters. The summed E-state index contributed by atoms with van der Waals surface area (Å²) in [6.07, 6.45) is 8.00. The Morgan fingerprint density at radius 1 is 1.25 bits per heavy atom. The van der Waals surface area contributed by atoms with Crippen LogP contribution in [0, 0.1) is 5.92 Å². The van der Waals surface area contributed by atoms with Crippen LogP contribution in [0.3, 0.4) is 0 Å². The van der Waals surface area contributed by atoms with Crippen LogP contribution in [0.1, 0.15) is 24.8 Å². The molecule has 0 aromatic heterocycles. The lowest BCUT2D eigenvalue weighted by Gasteiger charge is -2.17. The van der Waals surface area contributed by atoms with E-state index in [2.05, 4.69) is 17.5 Å². The second-order valence-corrected chi connectivity index (χ2v) is 7.13. The first-order chi connectivity index (χ1) is 9.47. The Kier molecular flexibility index (Phi) is 4.60. The zero-order chi connectivity index (χ0) is 14.6. The van der Waals surface area contributed by atoms with Crippen molar-refractivity contribution < 1.29 is 13.2 Å². The highest BCUT2D eigenvalue weighted by molar-refractivity contribution is 7.90. The van der Waals surface area contributed by atoms with Crippen molar-refractivity contribution in [3.05, 3.63) is 42.0 Å². The van der Waals surface area contributed by atoms with E-state index in [1.165, 1.54) is 6.26 Å². The van der Waals surface area contributed by atoms with E-state index < -0.39 is 9.84 Å². The molecule has 0 unspecified atom stereocenters. The summed E-state index contributed by atoms with van der Waals surface area (Å²) in [6.45, 7) is 0.434. The molecule has 1 N–H and O–H groups in total. The van der Waals surface area contributed by atoms with Crippen LogP contribution in [-0.4, -0.2) is 20.6 Å². The van der Waals surface area contributed by atoms with Crippen LogP contribution in [-0.2, 0) is 21.2 Å². The zero-order valence-electron chi connectivity index (χ0n) is 11.5. The fourth-order valence-electron chi connectivity index (χ4n) is 2.22. The molecule has 20 heavy (non-hydrogen) atoms. The lowest BCUT2D eigenvalue weighted by molar-refractivity contribution is -0.125. The van der Waals surface area contributed by atoms with Crippen molar-refractivity contribution in [2.45, 2.75) is 30.7 Å². The van der Waals surface area contributed by atoms with E-state index in [1.807, 2.05) is 0 Å². The Morgan fingerprint density at radius 2 is 1.95 bits per heavy atom. The third-order valence-electron chi connectivity index (χ3n) is 3.46. The summed E-state index contributed by atoms with van der Waals surface area (Å²) in [6, 6.07) is 6.61. The highest BCUT2D eigenvalue weighted by atomic mass is 32.2. The van der Waals surface area contributed by atoms with Crippen LogP contribution < -0.4 is 5.32 Å². The summed E-state index contributed by atoms with van der Waals surface area (Å²) >= 11 is 0. The van der Waals surface area contributed by atoms with Crippen LogP contribution >= 0.6 is 0 Å². The quantitative estimate of drug-likeness (QED) is 0.864. The van der Waals surface area contributed by atoms with E-state index in [1.54, 1.807) is 24.3 Å². The van der Waals surface area contributed by atoms with E-state index in [-0.39, 0.29) is 11.8 Å². The lowest BCUT2D eigenvalue weighted by atomic mass is 9.93. The zero-order valence-corrected chi connectivity index (χ0v) is 12.3. The molecular formula is C15H19NO3S. The summed E-state index contributed by atoms with van der Waals surface area (Å²) in [5.41, 5.74) is 0.900. The Labute approximate surface area is 119 Å². The Bertz CT molecular complexity index is 603. The molecule has 0 heterocycles. The molecule has 0 radical (unpaired) electrons. The summed E-state index contributed by atoms with van der Waals surface area (Å²) in [7, 11) is -3.16. The minimum absolute atomic E-state index is 0.0651. The largest absolute Gasteiger partial charge is 0.352 e.